The van der Waals surface area contributed by atoms with Crippen LogP contribution in [0.1, 0.15) is 65.2 Å². The van der Waals surface area contributed by atoms with Crippen LogP contribution in [-0.2, 0) is 9.47 Å². The van der Waals surface area contributed by atoms with Crippen LogP contribution in [0.25, 0.3) is 0 Å². The summed E-state index contributed by atoms with van der Waals surface area (Å²) in [6.45, 7) is 10.9. The number of halogens is 2. The van der Waals surface area contributed by atoms with Crippen LogP contribution in [-0.4, -0.2) is 40.9 Å². The minimum Gasteiger partial charge on any atom is -0.347 e. The normalized spacial score (nSPS) is 50.3. The fourth-order valence-electron chi connectivity index (χ4n) is 8.65. The average molecular weight is 651 g/mol. The third kappa shape index (κ3) is 2.35. The van der Waals surface area contributed by atoms with Crippen molar-refractivity contribution in [3.63, 3.8) is 0 Å². The first-order valence-electron chi connectivity index (χ1n) is 11.5. The van der Waals surface area contributed by atoms with E-state index >= 15 is 0 Å². The average Bonchev–Trinajstić information content (AvgIpc) is 3.37. The van der Waals surface area contributed by atoms with Gasteiger partial charge in [0.15, 0.2) is 5.79 Å². The highest BCUT2D eigenvalue weighted by atomic mass is 127. The van der Waals surface area contributed by atoms with Crippen LogP contribution < -0.4 is 0 Å². The molecule has 5 aliphatic rings. The van der Waals surface area contributed by atoms with Crippen LogP contribution in [0.2, 0.25) is 0 Å². The number of fused-ring (bicyclic) bond motifs is 6. The Kier molecular flexibility index (Phi) is 5.44. The molecule has 0 amide bonds. The van der Waals surface area contributed by atoms with Crippen molar-refractivity contribution >= 4 is 50.5 Å². The molecule has 6 atom stereocenters. The molecule has 1 aliphatic heterocycles. The highest BCUT2D eigenvalue weighted by Crippen LogP contribution is 2.82. The maximum absolute atomic E-state index is 11.4. The van der Waals surface area contributed by atoms with Gasteiger partial charge in [0.25, 0.3) is 0 Å². The molecule has 4 nitrogen and oxygen atoms in total. The minimum absolute atomic E-state index is 0.0418. The van der Waals surface area contributed by atoms with E-state index in [1.807, 2.05) is 0 Å². The molecule has 0 aromatic rings. The van der Waals surface area contributed by atoms with E-state index in [0.29, 0.717) is 13.2 Å². The fraction of sp³-hybridized carbons (Fsp3) is 0.760. The number of nitroso groups, excluding NO2 is 1. The van der Waals surface area contributed by atoms with Gasteiger partial charge in [-0.1, -0.05) is 45.8 Å². The molecule has 0 N–H and O–H groups in total. The van der Waals surface area contributed by atoms with Crippen molar-refractivity contribution in [1.29, 1.82) is 0 Å². The molecule has 0 radical (unpaired) electrons. The van der Waals surface area contributed by atoms with Crippen molar-refractivity contribution in [3.8, 4) is 0 Å². The number of hydrogen-bond acceptors (Lipinski definition) is 4. The van der Waals surface area contributed by atoms with E-state index in [2.05, 4.69) is 37.8 Å². The lowest BCUT2D eigenvalue weighted by molar-refractivity contribution is -0.246. The van der Waals surface area contributed by atoms with Gasteiger partial charge in [-0.3, -0.25) is 0 Å². The van der Waals surface area contributed by atoms with Crippen molar-refractivity contribution in [1.82, 2.24) is 0 Å². The lowest BCUT2D eigenvalue weighted by atomic mass is 9.42. The molecule has 0 aromatic heterocycles. The lowest BCUT2D eigenvalue weighted by Crippen LogP contribution is -2.73. The van der Waals surface area contributed by atoms with Gasteiger partial charge >= 0.3 is 0 Å². The summed E-state index contributed by atoms with van der Waals surface area (Å²) < 4.78 is 22.7. The molecule has 1 heterocycles. The number of alkyl halides is 2. The lowest BCUT2D eigenvalue weighted by Gasteiger charge is -2.72. The molecule has 6 heteroatoms. The van der Waals surface area contributed by atoms with Crippen LogP contribution in [0, 0.1) is 21.2 Å². The number of allylic oxidation sites excluding steroid dienone is 2. The van der Waals surface area contributed by atoms with Gasteiger partial charge in [0.05, 0.1) is 19.3 Å². The van der Waals surface area contributed by atoms with E-state index in [1.165, 1.54) is 12.0 Å². The largest absolute Gasteiger partial charge is 0.347 e. The van der Waals surface area contributed by atoms with E-state index in [-0.39, 0.29) is 70.6 Å². The molecule has 1 saturated heterocycles. The molecule has 31 heavy (non-hydrogen) atoms. The zero-order valence-electron chi connectivity index (χ0n) is 18.9. The van der Waals surface area contributed by atoms with Crippen molar-refractivity contribution in [3.05, 3.63) is 29.2 Å². The Morgan fingerprint density at radius 2 is 1.77 bits per heavy atom. The maximum Gasteiger partial charge on any atom is 0.174 e. The molecule has 0 bridgehead atoms. The summed E-state index contributed by atoms with van der Waals surface area (Å²) in [5.74, 6) is -0.469. The Morgan fingerprint density at radius 1 is 1.06 bits per heavy atom. The van der Waals surface area contributed by atoms with Gasteiger partial charge in [-0.2, -0.15) is 4.91 Å². The molecule has 4 fully saturated rings. The van der Waals surface area contributed by atoms with Gasteiger partial charge in [-0.15, -0.1) is 48.0 Å². The van der Waals surface area contributed by atoms with Crippen molar-refractivity contribution in [2.75, 3.05) is 13.2 Å². The van der Waals surface area contributed by atoms with Gasteiger partial charge in [0.1, 0.15) is 0 Å². The third-order valence-electron chi connectivity index (χ3n) is 10.3. The number of nitrogens with zero attached hydrogens (tertiary/aromatic N) is 1. The molecule has 0 aromatic carbocycles. The monoisotopic (exact) mass is 651 g/mol. The number of ether oxygens (including phenoxy) is 2. The summed E-state index contributed by atoms with van der Waals surface area (Å²) >= 11 is -0.681. The van der Waals surface area contributed by atoms with Gasteiger partial charge in [-0.05, 0) is 44.9 Å². The SMILES string of the molecule is C=C[C@@]12CCC3(OCCO3)[C@@]1(C)CC[C@@]1(I=C)[C@@]2(I=C)CC=C2C[C@@H](N=O)CC[C@@]21C. The summed E-state index contributed by atoms with van der Waals surface area (Å²) in [4.78, 5) is 11.4. The van der Waals surface area contributed by atoms with Crippen LogP contribution >= 0.6 is 41.5 Å². The van der Waals surface area contributed by atoms with E-state index in [4.69, 9.17) is 18.5 Å². The van der Waals surface area contributed by atoms with Crippen molar-refractivity contribution in [2.45, 2.75) is 83.9 Å². The quantitative estimate of drug-likeness (QED) is 0.152. The summed E-state index contributed by atoms with van der Waals surface area (Å²) in [7, 11) is 0. The first-order chi connectivity index (χ1) is 14.8. The van der Waals surface area contributed by atoms with Crippen LogP contribution in [0.5, 0.6) is 0 Å². The van der Waals surface area contributed by atoms with Crippen LogP contribution in [0.15, 0.2) is 29.5 Å². The van der Waals surface area contributed by atoms with Gasteiger partial charge in [-0.25, -0.2) is 0 Å². The molecule has 172 valence electrons. The Morgan fingerprint density at radius 3 is 2.39 bits per heavy atom. The molecule has 0 unspecified atom stereocenters. The summed E-state index contributed by atoms with van der Waals surface area (Å²) in [5, 5.41) is 3.45. The number of hydrogen-bond donors (Lipinski definition) is 0. The molecular weight excluding hydrogens is 616 g/mol. The van der Waals surface area contributed by atoms with Crippen LogP contribution in [0.3, 0.4) is 0 Å². The smallest absolute Gasteiger partial charge is 0.174 e. The standard InChI is InChI=1S/C25H35I2NO3/c1-6-22-12-14-25(30-15-16-31-25)21(22,3)11-13-23(26-4)20(2)9-8-19(28-29)17-18(20)7-10-24(22,23)27-5/h6-7,19H,1,4-5,8-17H2,2-3H3/t19-,20-,21-,22+,23-,24+/m0/s1. The first-order valence-corrected chi connectivity index (χ1v) is 16.7. The Balaban J connectivity index is 1.75. The molecule has 4 aliphatic carbocycles. The maximum atomic E-state index is 11.4. The van der Waals surface area contributed by atoms with Crippen molar-refractivity contribution < 1.29 is 9.47 Å². The van der Waals surface area contributed by atoms with E-state index in [9.17, 15) is 4.91 Å². The Labute approximate surface area is 206 Å². The fourth-order valence-corrected chi connectivity index (χ4v) is 17.8. The van der Waals surface area contributed by atoms with Crippen molar-refractivity contribution in [2.24, 2.45) is 21.4 Å². The molecule has 5 rings (SSSR count). The summed E-state index contributed by atoms with van der Waals surface area (Å²) in [5.41, 5.74) is 1.47. The zero-order valence-corrected chi connectivity index (χ0v) is 23.2. The highest BCUT2D eigenvalue weighted by Gasteiger charge is 2.81. The van der Waals surface area contributed by atoms with Crippen LogP contribution in [0.4, 0.5) is 0 Å². The molecule has 1 spiro atoms. The van der Waals surface area contributed by atoms with Gasteiger partial charge < -0.3 is 9.47 Å². The van der Waals surface area contributed by atoms with Gasteiger partial charge in [0.2, 0.25) is 0 Å². The van der Waals surface area contributed by atoms with E-state index < -0.39 is 5.79 Å². The van der Waals surface area contributed by atoms with E-state index in [0.717, 1.165) is 44.9 Å². The second-order valence-electron chi connectivity index (χ2n) is 10.6. The first kappa shape index (κ1) is 23.0. The molecule has 3 saturated carbocycles. The molecular formula is C25H35I2NO3. The predicted molar refractivity (Wildman–Crippen MR) is 146 cm³/mol. The highest BCUT2D eigenvalue weighted by molar-refractivity contribution is 14.2. The Hall–Kier alpha value is 0.200. The zero-order chi connectivity index (χ0) is 22.2. The summed E-state index contributed by atoms with van der Waals surface area (Å²) in [6, 6.07) is -0.0569. The second-order valence-corrected chi connectivity index (χ2v) is 15.8. The summed E-state index contributed by atoms with van der Waals surface area (Å²) in [6.07, 6.45) is 13.0. The van der Waals surface area contributed by atoms with Gasteiger partial charge in [0, 0.05) is 29.5 Å². The predicted octanol–water partition coefficient (Wildman–Crippen LogP) is 6.43. The third-order valence-corrected chi connectivity index (χ3v) is 18.9. The number of rotatable bonds is 4. The van der Waals surface area contributed by atoms with E-state index in [1.54, 1.807) is 0 Å². The Bertz CT molecular complexity index is 882. The minimum atomic E-state index is -0.469. The second kappa shape index (κ2) is 7.35. The topological polar surface area (TPSA) is 47.9 Å².